The number of esters is 3. The summed E-state index contributed by atoms with van der Waals surface area (Å²) in [6, 6.07) is -3.62. The van der Waals surface area contributed by atoms with E-state index in [1.165, 1.54) is 33.0 Å². The first-order valence-electron chi connectivity index (χ1n) is 17.7. The molecule has 1 saturated heterocycles. The second-order valence-corrected chi connectivity index (χ2v) is 14.9. The maximum atomic E-state index is 14.2. The number of ether oxygens (including phenoxy) is 3. The molecular formula is C36H63N3O10. The lowest BCUT2D eigenvalue weighted by Crippen LogP contribution is -2.60. The number of nitrogens with zero attached hydrogens (tertiary/aromatic N) is 3. The summed E-state index contributed by atoms with van der Waals surface area (Å²) in [7, 11) is 4.18. The number of likely N-dealkylation sites (N-methyl/N-ethyl adjacent to an activating group) is 3. The van der Waals surface area contributed by atoms with Crippen molar-refractivity contribution in [3.63, 3.8) is 0 Å². The van der Waals surface area contributed by atoms with E-state index >= 15 is 0 Å². The molecule has 0 radical (unpaired) electrons. The summed E-state index contributed by atoms with van der Waals surface area (Å²) in [4.78, 5) is 87.7. The van der Waals surface area contributed by atoms with Crippen LogP contribution in [0.3, 0.4) is 0 Å². The van der Waals surface area contributed by atoms with Crippen molar-refractivity contribution in [3.05, 3.63) is 0 Å². The SMILES string of the molecule is CCC(C)[C@H]1OC(=O)[C@H](C(C)C)N(C)C(=O)[C@@H](C(C)CC)OC(=O)[C@H](C(C)C)N(C)C(=O)[C@@H]([C@](C)(O)CC)OC(=O)[C@H](C(C)C)N(C)C1=O. The number of carbonyl (C=O) groups is 6. The van der Waals surface area contributed by atoms with Gasteiger partial charge in [0.05, 0.1) is 0 Å². The molecule has 13 heteroatoms. The average Bonchev–Trinajstić information content (AvgIpc) is 3.02. The summed E-state index contributed by atoms with van der Waals surface area (Å²) in [5.41, 5.74) is -1.87. The Kier molecular flexibility index (Phi) is 16.2. The number of hydrogen-bond donors (Lipinski definition) is 1. The molecule has 1 N–H and O–H groups in total. The van der Waals surface area contributed by atoms with Crippen molar-refractivity contribution in [3.8, 4) is 0 Å². The Bertz CT molecular complexity index is 1170. The van der Waals surface area contributed by atoms with Crippen LogP contribution in [-0.2, 0) is 43.0 Å². The molecule has 2 unspecified atom stereocenters. The van der Waals surface area contributed by atoms with Crippen molar-refractivity contribution in [2.24, 2.45) is 29.6 Å². The highest BCUT2D eigenvalue weighted by Crippen LogP contribution is 2.28. The van der Waals surface area contributed by atoms with Gasteiger partial charge in [-0.25, -0.2) is 14.4 Å². The number of cyclic esters (lactones) is 3. The molecule has 0 aliphatic carbocycles. The lowest BCUT2D eigenvalue weighted by molar-refractivity contribution is -0.189. The number of hydrogen-bond acceptors (Lipinski definition) is 10. The standard InChI is InChI=1S/C36H63N3O10/c1-16-22(10)27-30(40)37(13)24(19(4)5)33(43)47-28(23(11)17-2)31(41)38(14)26(21(8)9)35(45)49-29(36(12,46)18-3)32(42)39(15)25(20(6)7)34(44)48-27/h19-29,46H,16-18H2,1-15H3/t22?,23?,24-,25-,26-,27+,28+,29-,36+/m0/s1. The molecule has 0 spiro atoms. The molecule has 0 aromatic heterocycles. The number of aliphatic hydroxyl groups is 1. The van der Waals surface area contributed by atoms with Crippen LogP contribution in [0, 0.1) is 29.6 Å². The first kappa shape index (κ1) is 43.8. The van der Waals surface area contributed by atoms with Crippen molar-refractivity contribution in [2.45, 2.75) is 144 Å². The van der Waals surface area contributed by atoms with E-state index in [1.807, 2.05) is 13.8 Å². The summed E-state index contributed by atoms with van der Waals surface area (Å²) in [5.74, 6) is -7.26. The van der Waals surface area contributed by atoms with Crippen LogP contribution in [0.2, 0.25) is 0 Å². The molecule has 1 fully saturated rings. The van der Waals surface area contributed by atoms with Gasteiger partial charge in [-0.2, -0.15) is 0 Å². The molecule has 13 nitrogen and oxygen atoms in total. The van der Waals surface area contributed by atoms with Crippen molar-refractivity contribution in [1.82, 2.24) is 14.7 Å². The summed E-state index contributed by atoms with van der Waals surface area (Å²) < 4.78 is 17.6. The maximum Gasteiger partial charge on any atom is 0.330 e. The molecule has 282 valence electrons. The van der Waals surface area contributed by atoms with Gasteiger partial charge < -0.3 is 34.0 Å². The molecule has 0 aromatic carbocycles. The zero-order valence-electron chi connectivity index (χ0n) is 32.4. The normalized spacial score (nSPS) is 28.6. The average molecular weight is 698 g/mol. The van der Waals surface area contributed by atoms with Gasteiger partial charge in [0, 0.05) is 33.0 Å². The van der Waals surface area contributed by atoms with Crippen molar-refractivity contribution >= 4 is 35.6 Å². The fraction of sp³-hybridized carbons (Fsp3) is 0.833. The smallest absolute Gasteiger partial charge is 0.330 e. The van der Waals surface area contributed by atoms with E-state index in [0.29, 0.717) is 12.8 Å². The molecule has 1 heterocycles. The third kappa shape index (κ3) is 10.2. The van der Waals surface area contributed by atoms with Crippen LogP contribution in [0.15, 0.2) is 0 Å². The monoisotopic (exact) mass is 697 g/mol. The van der Waals surface area contributed by atoms with Gasteiger partial charge in [-0.05, 0) is 43.9 Å². The Morgan fingerprint density at radius 2 is 0.857 bits per heavy atom. The predicted octanol–water partition coefficient (Wildman–Crippen LogP) is 3.44. The predicted molar refractivity (Wildman–Crippen MR) is 184 cm³/mol. The summed E-state index contributed by atoms with van der Waals surface area (Å²) >= 11 is 0. The Labute approximate surface area is 293 Å². The Balaban J connectivity index is 4.10. The van der Waals surface area contributed by atoms with Crippen LogP contribution < -0.4 is 0 Å². The molecule has 1 rings (SSSR count). The van der Waals surface area contributed by atoms with Gasteiger partial charge in [-0.15, -0.1) is 0 Å². The fourth-order valence-corrected chi connectivity index (χ4v) is 6.08. The van der Waals surface area contributed by atoms with Gasteiger partial charge in [0.2, 0.25) is 6.10 Å². The molecule has 0 aromatic rings. The maximum absolute atomic E-state index is 14.2. The Hall–Kier alpha value is -3.22. The van der Waals surface area contributed by atoms with Crippen LogP contribution in [0.4, 0.5) is 0 Å². The van der Waals surface area contributed by atoms with E-state index in [-0.39, 0.29) is 6.42 Å². The quantitative estimate of drug-likeness (QED) is 0.279. The van der Waals surface area contributed by atoms with E-state index in [2.05, 4.69) is 0 Å². The Morgan fingerprint density at radius 3 is 1.12 bits per heavy atom. The van der Waals surface area contributed by atoms with Crippen LogP contribution in [-0.4, -0.2) is 119 Å². The third-order valence-electron chi connectivity index (χ3n) is 9.95. The van der Waals surface area contributed by atoms with Crippen LogP contribution in [0.25, 0.3) is 0 Å². The zero-order chi connectivity index (χ0) is 38.3. The van der Waals surface area contributed by atoms with E-state index in [0.717, 1.165) is 9.80 Å². The highest BCUT2D eigenvalue weighted by atomic mass is 16.6. The minimum atomic E-state index is -1.87. The van der Waals surface area contributed by atoms with Crippen molar-refractivity contribution in [1.29, 1.82) is 0 Å². The van der Waals surface area contributed by atoms with Gasteiger partial charge in [0.25, 0.3) is 17.7 Å². The van der Waals surface area contributed by atoms with E-state index in [1.54, 1.807) is 62.3 Å². The molecule has 9 atom stereocenters. The van der Waals surface area contributed by atoms with Gasteiger partial charge >= 0.3 is 17.9 Å². The third-order valence-corrected chi connectivity index (χ3v) is 9.95. The lowest BCUT2D eigenvalue weighted by Gasteiger charge is -2.40. The molecule has 1 aliphatic rings. The summed E-state index contributed by atoms with van der Waals surface area (Å²) in [5, 5.41) is 11.4. The topological polar surface area (TPSA) is 160 Å². The number of amides is 3. The van der Waals surface area contributed by atoms with E-state index in [4.69, 9.17) is 14.2 Å². The van der Waals surface area contributed by atoms with E-state index < -0.39 is 107 Å². The molecule has 0 bridgehead atoms. The van der Waals surface area contributed by atoms with Gasteiger partial charge in [-0.1, -0.05) is 76.2 Å². The van der Waals surface area contributed by atoms with Crippen molar-refractivity contribution < 1.29 is 48.1 Å². The molecular weight excluding hydrogens is 634 g/mol. The molecule has 0 saturated carbocycles. The number of carbonyl (C=O) groups excluding carboxylic acids is 6. The highest BCUT2D eigenvalue weighted by Gasteiger charge is 2.48. The highest BCUT2D eigenvalue weighted by molar-refractivity contribution is 5.94. The van der Waals surface area contributed by atoms with Crippen LogP contribution in [0.5, 0.6) is 0 Å². The summed E-state index contributed by atoms with van der Waals surface area (Å²) in [6.45, 7) is 20.4. The van der Waals surface area contributed by atoms with Gasteiger partial charge in [0.15, 0.2) is 12.2 Å². The first-order valence-corrected chi connectivity index (χ1v) is 17.7. The minimum Gasteiger partial charge on any atom is -0.450 e. The molecule has 49 heavy (non-hydrogen) atoms. The van der Waals surface area contributed by atoms with E-state index in [9.17, 15) is 33.9 Å². The van der Waals surface area contributed by atoms with Gasteiger partial charge in [0.1, 0.15) is 23.7 Å². The second kappa shape index (κ2) is 18.1. The van der Waals surface area contributed by atoms with Crippen molar-refractivity contribution in [2.75, 3.05) is 21.1 Å². The molecule has 3 amide bonds. The zero-order valence-corrected chi connectivity index (χ0v) is 32.4. The fourth-order valence-electron chi connectivity index (χ4n) is 6.08. The van der Waals surface area contributed by atoms with Crippen LogP contribution >= 0.6 is 0 Å². The molecule has 1 aliphatic heterocycles. The lowest BCUT2D eigenvalue weighted by atomic mass is 9.92. The first-order chi connectivity index (χ1) is 22.5. The Morgan fingerprint density at radius 1 is 0.571 bits per heavy atom. The van der Waals surface area contributed by atoms with Gasteiger partial charge in [-0.3, -0.25) is 14.4 Å². The minimum absolute atomic E-state index is 0.00240. The largest absolute Gasteiger partial charge is 0.450 e. The summed E-state index contributed by atoms with van der Waals surface area (Å²) in [6.07, 6.45) is -3.51. The van der Waals surface area contributed by atoms with Crippen LogP contribution in [0.1, 0.15) is 102 Å². The number of rotatable bonds is 9. The second-order valence-electron chi connectivity index (χ2n) is 14.9.